The van der Waals surface area contributed by atoms with Gasteiger partial charge in [-0.15, -0.1) is 11.8 Å². The molecule has 270 valence electrons. The molecule has 11 nitrogen and oxygen atoms in total. The van der Waals surface area contributed by atoms with Crippen molar-refractivity contribution in [1.82, 2.24) is 9.62 Å². The molecule has 0 saturated carbocycles. The number of anilines is 2. The smallest absolute Gasteiger partial charge is 0.293 e. The normalized spacial score (nSPS) is 15.0. The van der Waals surface area contributed by atoms with Crippen molar-refractivity contribution in [3.63, 3.8) is 0 Å². The molecule has 1 atom stereocenters. The van der Waals surface area contributed by atoms with Crippen LogP contribution in [0.25, 0.3) is 0 Å². The Morgan fingerprint density at radius 3 is 2.29 bits per heavy atom. The van der Waals surface area contributed by atoms with Crippen LogP contribution in [0.1, 0.15) is 40.7 Å². The molecule has 51 heavy (non-hydrogen) atoms. The second kappa shape index (κ2) is 16.7. The Labute approximate surface area is 304 Å². The van der Waals surface area contributed by atoms with Gasteiger partial charge in [-0.1, -0.05) is 42.5 Å². The Kier molecular flexibility index (Phi) is 12.4. The number of nitro groups is 1. The minimum absolute atomic E-state index is 0.137. The van der Waals surface area contributed by atoms with E-state index in [0.717, 1.165) is 49.1 Å². The number of ether oxygens (including phenoxy) is 1. The number of methoxy groups -OCH3 is 1. The fourth-order valence-electron chi connectivity index (χ4n) is 6.35. The van der Waals surface area contributed by atoms with Gasteiger partial charge in [0.1, 0.15) is 5.69 Å². The number of sulfonamides is 1. The van der Waals surface area contributed by atoms with Crippen LogP contribution >= 0.6 is 11.8 Å². The van der Waals surface area contributed by atoms with E-state index >= 15 is 0 Å². The number of thioether (sulfide) groups is 1. The molecule has 5 rings (SSSR count). The number of nitrogens with one attached hydrogen (secondary N) is 2. The number of benzene rings is 4. The van der Waals surface area contributed by atoms with Gasteiger partial charge in [0.05, 0.1) is 15.4 Å². The summed E-state index contributed by atoms with van der Waals surface area (Å²) in [6, 6.07) is 28.4. The number of rotatable bonds is 15. The Bertz CT molecular complexity index is 1910. The van der Waals surface area contributed by atoms with Gasteiger partial charge in [-0.25, -0.2) is 13.1 Å². The summed E-state index contributed by atoms with van der Waals surface area (Å²) in [4.78, 5) is 29.6. The van der Waals surface area contributed by atoms with E-state index in [1.807, 2.05) is 61.5 Å². The van der Waals surface area contributed by atoms with Crippen molar-refractivity contribution >= 4 is 44.8 Å². The van der Waals surface area contributed by atoms with E-state index in [4.69, 9.17) is 4.74 Å². The summed E-state index contributed by atoms with van der Waals surface area (Å²) in [5.74, 6) is -0.187. The molecule has 1 aliphatic rings. The van der Waals surface area contributed by atoms with E-state index in [1.54, 1.807) is 43.1 Å². The molecule has 0 radical (unpaired) electrons. The molecular formula is C38H45N5O6S2. The van der Waals surface area contributed by atoms with E-state index in [2.05, 4.69) is 34.0 Å². The van der Waals surface area contributed by atoms with Gasteiger partial charge in [0.2, 0.25) is 0 Å². The Morgan fingerprint density at radius 2 is 1.67 bits per heavy atom. The van der Waals surface area contributed by atoms with Gasteiger partial charge in [0.15, 0.2) is 0 Å². The zero-order valence-corrected chi connectivity index (χ0v) is 31.0. The summed E-state index contributed by atoms with van der Waals surface area (Å²) in [5.41, 5.74) is 2.89. The maximum Gasteiger partial charge on any atom is 0.293 e. The number of hydrogen-bond donors (Lipinski definition) is 2. The lowest BCUT2D eigenvalue weighted by molar-refractivity contribution is -0.384. The molecule has 1 fully saturated rings. The zero-order chi connectivity index (χ0) is 36.6. The highest BCUT2D eigenvalue weighted by Crippen LogP contribution is 2.39. The first-order valence-corrected chi connectivity index (χ1v) is 19.3. The molecule has 4 aromatic carbocycles. The van der Waals surface area contributed by atoms with Crippen molar-refractivity contribution in [2.45, 2.75) is 47.6 Å². The van der Waals surface area contributed by atoms with Crippen LogP contribution in [0, 0.1) is 17.0 Å². The van der Waals surface area contributed by atoms with Crippen molar-refractivity contribution in [2.75, 3.05) is 56.8 Å². The highest BCUT2D eigenvalue weighted by Gasteiger charge is 2.37. The summed E-state index contributed by atoms with van der Waals surface area (Å²) in [5, 5.41) is 15.4. The van der Waals surface area contributed by atoms with Crippen molar-refractivity contribution in [3.05, 3.63) is 124 Å². The SMILES string of the molecule is COC1(c2ccccc2C)CCN(c2ccc(C(=O)NS(=O)(=O)c3ccc(N[C@H](CCN(C)C)CSc4ccccc4)c([N+](=O)[O-])c3)cc2)CC1. The molecular weight excluding hydrogens is 687 g/mol. The highest BCUT2D eigenvalue weighted by atomic mass is 32.2. The standard InChI is InChI=1S/C38H45N5O6S2/c1-28-10-8-9-13-34(28)38(49-4)21-24-42(25-22-38)31-16-14-29(15-17-31)37(44)40-51(47,48)33-18-19-35(36(26-33)43(45)46)39-30(20-23-41(2)3)27-50-32-11-6-5-7-12-32/h5-19,26,30,39H,20-25,27H2,1-4H3,(H,40,44)/t30-/m1/s1. The molecule has 0 spiro atoms. The van der Waals surface area contributed by atoms with Crippen molar-refractivity contribution in [1.29, 1.82) is 0 Å². The fraction of sp³-hybridized carbons (Fsp3) is 0.342. The maximum atomic E-state index is 13.3. The predicted molar refractivity (Wildman–Crippen MR) is 203 cm³/mol. The molecule has 1 amide bonds. The van der Waals surface area contributed by atoms with Crippen LogP contribution in [0.3, 0.4) is 0 Å². The van der Waals surface area contributed by atoms with E-state index in [1.165, 1.54) is 23.3 Å². The van der Waals surface area contributed by atoms with Crippen molar-refractivity contribution in [3.8, 4) is 0 Å². The molecule has 1 saturated heterocycles. The lowest BCUT2D eigenvalue weighted by atomic mass is 9.82. The number of nitrogens with zero attached hydrogens (tertiary/aromatic N) is 3. The minimum atomic E-state index is -4.42. The van der Waals surface area contributed by atoms with Gasteiger partial charge >= 0.3 is 0 Å². The number of amides is 1. The largest absolute Gasteiger partial charge is 0.376 e. The minimum Gasteiger partial charge on any atom is -0.376 e. The Morgan fingerprint density at radius 1 is 1.00 bits per heavy atom. The van der Waals surface area contributed by atoms with Crippen molar-refractivity contribution < 1.29 is 22.9 Å². The molecule has 0 unspecified atom stereocenters. The number of nitro benzene ring substituents is 1. The number of aryl methyl sites for hydroxylation is 1. The Hall–Kier alpha value is -4.43. The monoisotopic (exact) mass is 731 g/mol. The van der Waals surface area contributed by atoms with Gasteiger partial charge in [0.25, 0.3) is 21.6 Å². The summed E-state index contributed by atoms with van der Waals surface area (Å²) < 4.78 is 34.8. The third-order valence-electron chi connectivity index (χ3n) is 9.27. The van der Waals surface area contributed by atoms with Gasteiger partial charge in [-0.05, 0) is 106 Å². The summed E-state index contributed by atoms with van der Waals surface area (Å²) >= 11 is 1.63. The van der Waals surface area contributed by atoms with Gasteiger partial charge < -0.3 is 19.9 Å². The summed E-state index contributed by atoms with van der Waals surface area (Å²) in [6.07, 6.45) is 2.29. The van der Waals surface area contributed by atoms with Gasteiger partial charge in [-0.2, -0.15) is 0 Å². The zero-order valence-electron chi connectivity index (χ0n) is 29.4. The maximum absolute atomic E-state index is 13.3. The summed E-state index contributed by atoms with van der Waals surface area (Å²) in [7, 11) is 1.25. The number of hydrogen-bond acceptors (Lipinski definition) is 10. The van der Waals surface area contributed by atoms with E-state index in [9.17, 15) is 23.3 Å². The molecule has 0 aromatic heterocycles. The molecule has 0 bridgehead atoms. The molecule has 4 aromatic rings. The topological polar surface area (TPSA) is 134 Å². The van der Waals surface area contributed by atoms with Crippen LogP contribution in [0.4, 0.5) is 17.1 Å². The third kappa shape index (κ3) is 9.47. The average molecular weight is 732 g/mol. The van der Waals surface area contributed by atoms with Crippen LogP contribution in [0.5, 0.6) is 0 Å². The van der Waals surface area contributed by atoms with Crippen LogP contribution in [0.15, 0.2) is 107 Å². The number of piperidine rings is 1. The van der Waals surface area contributed by atoms with Gasteiger partial charge in [0, 0.05) is 54.2 Å². The van der Waals surface area contributed by atoms with Crippen LogP contribution in [0.2, 0.25) is 0 Å². The molecule has 2 N–H and O–H groups in total. The lowest BCUT2D eigenvalue weighted by Gasteiger charge is -2.42. The van der Waals surface area contributed by atoms with Crippen LogP contribution in [-0.4, -0.2) is 76.8 Å². The third-order valence-corrected chi connectivity index (χ3v) is 11.8. The van der Waals surface area contributed by atoms with E-state index in [-0.39, 0.29) is 27.8 Å². The summed E-state index contributed by atoms with van der Waals surface area (Å²) in [6.45, 7) is 4.33. The fourth-order valence-corrected chi connectivity index (χ4v) is 8.34. The molecule has 1 aliphatic heterocycles. The predicted octanol–water partition coefficient (Wildman–Crippen LogP) is 6.69. The number of carbonyl (C=O) groups excluding carboxylic acids is 1. The Balaban J connectivity index is 1.24. The molecule has 0 aliphatic carbocycles. The molecule has 1 heterocycles. The second-order valence-electron chi connectivity index (χ2n) is 13.0. The van der Waals surface area contributed by atoms with Gasteiger partial charge in [-0.3, -0.25) is 14.9 Å². The quantitative estimate of drug-likeness (QED) is 0.0774. The first-order chi connectivity index (χ1) is 24.4. The van der Waals surface area contributed by atoms with Crippen LogP contribution < -0.4 is 14.9 Å². The van der Waals surface area contributed by atoms with E-state index in [0.29, 0.717) is 12.2 Å². The number of carbonyl (C=O) groups is 1. The lowest BCUT2D eigenvalue weighted by Crippen LogP contribution is -2.44. The average Bonchev–Trinajstić information content (AvgIpc) is 3.13. The van der Waals surface area contributed by atoms with E-state index < -0.39 is 26.5 Å². The van der Waals surface area contributed by atoms with Crippen molar-refractivity contribution in [2.24, 2.45) is 0 Å². The highest BCUT2D eigenvalue weighted by molar-refractivity contribution is 7.99. The molecule has 13 heteroatoms. The first kappa shape index (κ1) is 37.8. The first-order valence-electron chi connectivity index (χ1n) is 16.8. The second-order valence-corrected chi connectivity index (χ2v) is 15.8. The van der Waals surface area contributed by atoms with Crippen LogP contribution in [-0.2, 0) is 20.4 Å².